The van der Waals surface area contributed by atoms with Gasteiger partial charge in [-0.05, 0) is 30.3 Å². The highest BCUT2D eigenvalue weighted by atomic mass is 127. The molecule has 0 amide bonds. The van der Waals surface area contributed by atoms with Crippen LogP contribution in [0.1, 0.15) is 5.69 Å². The van der Waals surface area contributed by atoms with Gasteiger partial charge in [0.1, 0.15) is 5.82 Å². The van der Waals surface area contributed by atoms with E-state index in [-0.39, 0.29) is 29.8 Å². The fourth-order valence-corrected chi connectivity index (χ4v) is 2.80. The lowest BCUT2D eigenvalue weighted by Gasteiger charge is -2.36. The van der Waals surface area contributed by atoms with Crippen LogP contribution in [0.15, 0.2) is 41.5 Å². The van der Waals surface area contributed by atoms with Gasteiger partial charge in [-0.2, -0.15) is 0 Å². The Kier molecular flexibility index (Phi) is 7.57. The van der Waals surface area contributed by atoms with Gasteiger partial charge < -0.3 is 20.4 Å². The lowest BCUT2D eigenvalue weighted by Crippen LogP contribution is -2.51. The molecule has 0 radical (unpaired) electrons. The molecule has 0 atom stereocenters. The number of nitrogens with two attached hydrogens (primary N) is 1. The highest BCUT2D eigenvalue weighted by molar-refractivity contribution is 14.0. The van der Waals surface area contributed by atoms with E-state index >= 15 is 0 Å². The van der Waals surface area contributed by atoms with Crippen LogP contribution in [0.4, 0.5) is 16.0 Å². The molecule has 9 heteroatoms. The first kappa shape index (κ1) is 21.1. The van der Waals surface area contributed by atoms with Crippen molar-refractivity contribution >= 4 is 41.6 Å². The van der Waals surface area contributed by atoms with Crippen molar-refractivity contribution in [2.45, 2.75) is 6.54 Å². The SMILES string of the molecule is CN(C)c1nccc(CN=C(N)N2CCN(c3ccc(F)cc3)CC2)n1.I. The summed E-state index contributed by atoms with van der Waals surface area (Å²) in [7, 11) is 3.80. The molecular formula is C18H25FIN7. The van der Waals surface area contributed by atoms with E-state index in [1.807, 2.05) is 25.1 Å². The maximum absolute atomic E-state index is 13.0. The first-order chi connectivity index (χ1) is 12.5. The van der Waals surface area contributed by atoms with Gasteiger partial charge in [0.25, 0.3) is 0 Å². The van der Waals surface area contributed by atoms with Crippen LogP contribution in [-0.4, -0.2) is 61.1 Å². The van der Waals surface area contributed by atoms with Crippen LogP contribution >= 0.6 is 24.0 Å². The number of hydrogen-bond donors (Lipinski definition) is 1. The molecule has 2 N–H and O–H groups in total. The first-order valence-corrected chi connectivity index (χ1v) is 8.57. The molecule has 1 aromatic heterocycles. The minimum absolute atomic E-state index is 0. The summed E-state index contributed by atoms with van der Waals surface area (Å²) in [5.74, 6) is 0.962. The average molecular weight is 485 g/mol. The second-order valence-electron chi connectivity index (χ2n) is 6.37. The number of rotatable bonds is 4. The number of nitrogens with zero attached hydrogens (tertiary/aromatic N) is 6. The smallest absolute Gasteiger partial charge is 0.225 e. The summed E-state index contributed by atoms with van der Waals surface area (Å²) in [6.07, 6.45) is 1.73. The molecule has 1 saturated heterocycles. The van der Waals surface area contributed by atoms with Crippen molar-refractivity contribution in [3.05, 3.63) is 48.0 Å². The summed E-state index contributed by atoms with van der Waals surface area (Å²) in [5.41, 5.74) is 8.01. The highest BCUT2D eigenvalue weighted by Crippen LogP contribution is 2.16. The lowest BCUT2D eigenvalue weighted by molar-refractivity contribution is 0.380. The van der Waals surface area contributed by atoms with Crippen molar-refractivity contribution in [3.63, 3.8) is 0 Å². The third-order valence-electron chi connectivity index (χ3n) is 4.30. The predicted molar refractivity (Wildman–Crippen MR) is 117 cm³/mol. The second kappa shape index (κ2) is 9.67. The van der Waals surface area contributed by atoms with E-state index in [1.54, 1.807) is 18.3 Å². The Labute approximate surface area is 176 Å². The molecule has 3 rings (SSSR count). The number of aliphatic imine (C=N–C) groups is 1. The molecule has 2 heterocycles. The molecule has 146 valence electrons. The molecule has 0 bridgehead atoms. The predicted octanol–water partition coefficient (Wildman–Crippen LogP) is 1.94. The lowest BCUT2D eigenvalue weighted by atomic mass is 10.2. The van der Waals surface area contributed by atoms with Crippen LogP contribution in [0.3, 0.4) is 0 Å². The normalized spacial score (nSPS) is 14.7. The Morgan fingerprint density at radius 2 is 1.81 bits per heavy atom. The number of piperazine rings is 1. The Hall–Kier alpha value is -2.17. The zero-order valence-electron chi connectivity index (χ0n) is 15.5. The monoisotopic (exact) mass is 485 g/mol. The van der Waals surface area contributed by atoms with Gasteiger partial charge in [0.15, 0.2) is 5.96 Å². The largest absolute Gasteiger partial charge is 0.370 e. The molecule has 1 aromatic carbocycles. The van der Waals surface area contributed by atoms with Crippen LogP contribution in [-0.2, 0) is 6.54 Å². The number of anilines is 2. The molecule has 0 saturated carbocycles. The van der Waals surface area contributed by atoms with Crippen molar-refractivity contribution in [2.24, 2.45) is 10.7 Å². The molecule has 0 unspecified atom stereocenters. The molecule has 1 aliphatic rings. The van der Waals surface area contributed by atoms with Crippen molar-refractivity contribution in [3.8, 4) is 0 Å². The van der Waals surface area contributed by atoms with E-state index in [9.17, 15) is 4.39 Å². The molecule has 27 heavy (non-hydrogen) atoms. The summed E-state index contributed by atoms with van der Waals surface area (Å²) in [6, 6.07) is 8.43. The second-order valence-corrected chi connectivity index (χ2v) is 6.37. The third kappa shape index (κ3) is 5.65. The maximum Gasteiger partial charge on any atom is 0.225 e. The maximum atomic E-state index is 13.0. The molecule has 1 aliphatic heterocycles. The summed E-state index contributed by atoms with van der Waals surface area (Å²) in [5, 5.41) is 0. The number of hydrogen-bond acceptors (Lipinski definition) is 5. The Bertz CT molecular complexity index is 759. The van der Waals surface area contributed by atoms with E-state index in [2.05, 4.69) is 24.8 Å². The number of benzene rings is 1. The van der Waals surface area contributed by atoms with Gasteiger partial charge in [-0.15, -0.1) is 24.0 Å². The van der Waals surface area contributed by atoms with Gasteiger partial charge in [-0.25, -0.2) is 19.4 Å². The standard InChI is InChI=1S/C18H24FN7.HI/c1-24(2)18-21-8-7-15(23-18)13-22-17(20)26-11-9-25(10-12-26)16-5-3-14(19)4-6-16;/h3-8H,9-13H2,1-2H3,(H2,20,22);1H. The zero-order chi connectivity index (χ0) is 18.5. The van der Waals surface area contributed by atoms with E-state index in [0.717, 1.165) is 37.6 Å². The Morgan fingerprint density at radius 1 is 1.15 bits per heavy atom. The summed E-state index contributed by atoms with van der Waals surface area (Å²) < 4.78 is 13.0. The first-order valence-electron chi connectivity index (χ1n) is 8.57. The highest BCUT2D eigenvalue weighted by Gasteiger charge is 2.18. The third-order valence-corrected chi connectivity index (χ3v) is 4.30. The minimum Gasteiger partial charge on any atom is -0.370 e. The van der Waals surface area contributed by atoms with E-state index < -0.39 is 0 Å². The van der Waals surface area contributed by atoms with Gasteiger partial charge in [0.05, 0.1) is 12.2 Å². The van der Waals surface area contributed by atoms with Crippen molar-refractivity contribution in [1.82, 2.24) is 14.9 Å². The van der Waals surface area contributed by atoms with Crippen molar-refractivity contribution in [2.75, 3.05) is 50.1 Å². The van der Waals surface area contributed by atoms with Crippen LogP contribution in [0.2, 0.25) is 0 Å². The zero-order valence-corrected chi connectivity index (χ0v) is 17.9. The van der Waals surface area contributed by atoms with Gasteiger partial charge in [-0.3, -0.25) is 0 Å². The van der Waals surface area contributed by atoms with E-state index in [1.165, 1.54) is 12.1 Å². The van der Waals surface area contributed by atoms with Crippen LogP contribution in [0, 0.1) is 5.82 Å². The van der Waals surface area contributed by atoms with Crippen LogP contribution in [0.25, 0.3) is 0 Å². The van der Waals surface area contributed by atoms with Crippen molar-refractivity contribution in [1.29, 1.82) is 0 Å². The molecule has 2 aromatic rings. The van der Waals surface area contributed by atoms with Gasteiger partial charge in [-0.1, -0.05) is 0 Å². The van der Waals surface area contributed by atoms with Gasteiger partial charge >= 0.3 is 0 Å². The van der Waals surface area contributed by atoms with Crippen LogP contribution < -0.4 is 15.5 Å². The van der Waals surface area contributed by atoms with E-state index in [4.69, 9.17) is 5.73 Å². The summed E-state index contributed by atoms with van der Waals surface area (Å²) in [4.78, 5) is 19.2. The van der Waals surface area contributed by atoms with Crippen molar-refractivity contribution < 1.29 is 4.39 Å². The Morgan fingerprint density at radius 3 is 2.44 bits per heavy atom. The molecule has 7 nitrogen and oxygen atoms in total. The molecule has 0 spiro atoms. The summed E-state index contributed by atoms with van der Waals surface area (Å²) in [6.45, 7) is 3.62. The fourth-order valence-electron chi connectivity index (χ4n) is 2.80. The molecule has 1 fully saturated rings. The summed E-state index contributed by atoms with van der Waals surface area (Å²) >= 11 is 0. The number of aromatic nitrogens is 2. The van der Waals surface area contributed by atoms with Crippen LogP contribution in [0.5, 0.6) is 0 Å². The minimum atomic E-state index is -0.217. The van der Waals surface area contributed by atoms with E-state index in [0.29, 0.717) is 18.5 Å². The topological polar surface area (TPSA) is 73.9 Å². The fraction of sp³-hybridized carbons (Fsp3) is 0.389. The molecule has 0 aliphatic carbocycles. The quantitative estimate of drug-likeness (QED) is 0.406. The van der Waals surface area contributed by atoms with Gasteiger partial charge in [0.2, 0.25) is 5.95 Å². The average Bonchev–Trinajstić information content (AvgIpc) is 2.67. The number of guanidine groups is 1. The number of halogens is 2. The van der Waals surface area contributed by atoms with Gasteiger partial charge in [0, 0.05) is 52.2 Å². The Balaban J connectivity index is 0.00000261. The molecular weight excluding hydrogens is 460 g/mol.